The van der Waals surface area contributed by atoms with Gasteiger partial charge in [-0.1, -0.05) is 15.9 Å². The average Bonchev–Trinajstić information content (AvgIpc) is 2.71. The maximum absolute atomic E-state index is 11.7. The highest BCUT2D eigenvalue weighted by molar-refractivity contribution is 9.09. The first kappa shape index (κ1) is 14.6. The van der Waals surface area contributed by atoms with Gasteiger partial charge in [0.15, 0.2) is 0 Å². The van der Waals surface area contributed by atoms with Crippen LogP contribution in [0.4, 0.5) is 0 Å². The summed E-state index contributed by atoms with van der Waals surface area (Å²) in [5.74, 6) is 0. The van der Waals surface area contributed by atoms with E-state index in [1.165, 1.54) is 17.1 Å². The van der Waals surface area contributed by atoms with Gasteiger partial charge in [0.05, 0.1) is 12.8 Å². The second-order valence-corrected chi connectivity index (χ2v) is 5.96. The van der Waals surface area contributed by atoms with E-state index in [2.05, 4.69) is 25.8 Å². The highest BCUT2D eigenvalue weighted by atomic mass is 79.9. The van der Waals surface area contributed by atoms with Crippen molar-refractivity contribution in [3.05, 3.63) is 12.4 Å². The maximum Gasteiger partial charge on any atom is 0.243 e. The van der Waals surface area contributed by atoms with Crippen LogP contribution in [0, 0.1) is 0 Å². The maximum atomic E-state index is 11.7. The Morgan fingerprint density at radius 2 is 2.29 bits per heavy atom. The predicted molar refractivity (Wildman–Crippen MR) is 67.6 cm³/mol. The van der Waals surface area contributed by atoms with E-state index in [-0.39, 0.29) is 4.90 Å². The number of nitrogens with one attached hydrogen (secondary N) is 1. The SMILES string of the molecule is Cn1cc(S(=O)(=O)NCCCOCCBr)cn1. The fraction of sp³-hybridized carbons (Fsp3) is 0.667. The third-order valence-electron chi connectivity index (χ3n) is 1.97. The molecule has 0 atom stereocenters. The molecule has 1 rings (SSSR count). The van der Waals surface area contributed by atoms with Crippen molar-refractivity contribution >= 4 is 26.0 Å². The number of halogens is 1. The van der Waals surface area contributed by atoms with Crippen molar-refractivity contribution in [1.29, 1.82) is 0 Å². The number of aromatic nitrogens is 2. The molecule has 0 saturated carbocycles. The summed E-state index contributed by atoms with van der Waals surface area (Å²) in [4.78, 5) is 0.182. The van der Waals surface area contributed by atoms with E-state index in [4.69, 9.17) is 4.74 Å². The van der Waals surface area contributed by atoms with Crippen LogP contribution < -0.4 is 4.72 Å². The zero-order valence-corrected chi connectivity index (χ0v) is 12.0. The lowest BCUT2D eigenvalue weighted by atomic mass is 10.5. The molecule has 0 bridgehead atoms. The second kappa shape index (κ2) is 7.10. The molecule has 0 aliphatic rings. The van der Waals surface area contributed by atoms with Crippen LogP contribution in [0.1, 0.15) is 6.42 Å². The van der Waals surface area contributed by atoms with Crippen LogP contribution in [0.5, 0.6) is 0 Å². The first-order chi connectivity index (χ1) is 8.06. The Balaban J connectivity index is 2.31. The molecule has 1 aromatic rings. The molecule has 0 unspecified atom stereocenters. The lowest BCUT2D eigenvalue weighted by Crippen LogP contribution is -2.25. The summed E-state index contributed by atoms with van der Waals surface area (Å²) in [6.07, 6.45) is 3.43. The topological polar surface area (TPSA) is 73.2 Å². The van der Waals surface area contributed by atoms with E-state index >= 15 is 0 Å². The third-order valence-corrected chi connectivity index (χ3v) is 3.71. The van der Waals surface area contributed by atoms with Gasteiger partial charge in [-0.15, -0.1) is 0 Å². The number of sulfonamides is 1. The Hall–Kier alpha value is -0.440. The number of aryl methyl sites for hydroxylation is 1. The average molecular weight is 326 g/mol. The van der Waals surface area contributed by atoms with Crippen LogP contribution in [0.2, 0.25) is 0 Å². The minimum Gasteiger partial charge on any atom is -0.381 e. The number of rotatable bonds is 8. The molecule has 0 fully saturated rings. The molecule has 17 heavy (non-hydrogen) atoms. The first-order valence-corrected chi connectivity index (χ1v) is 7.79. The molecule has 0 radical (unpaired) electrons. The standard InChI is InChI=1S/C9H16BrN3O3S/c1-13-8-9(7-11-13)17(14,15)12-4-2-5-16-6-3-10/h7-8,12H,2-6H2,1H3. The van der Waals surface area contributed by atoms with Gasteiger partial charge in [-0.2, -0.15) is 5.10 Å². The highest BCUT2D eigenvalue weighted by Gasteiger charge is 2.14. The van der Waals surface area contributed by atoms with E-state index in [1.54, 1.807) is 7.05 Å². The van der Waals surface area contributed by atoms with Gasteiger partial charge in [0.1, 0.15) is 4.90 Å². The molecule has 6 nitrogen and oxygen atoms in total. The van der Waals surface area contributed by atoms with Crippen LogP contribution in [-0.2, 0) is 21.8 Å². The number of ether oxygens (including phenoxy) is 1. The summed E-state index contributed by atoms with van der Waals surface area (Å²) in [6.45, 7) is 1.54. The molecule has 8 heteroatoms. The number of hydrogen-bond donors (Lipinski definition) is 1. The molecule has 1 heterocycles. The fourth-order valence-electron chi connectivity index (χ4n) is 1.16. The molecule has 98 valence electrons. The molecule has 1 aromatic heterocycles. The Morgan fingerprint density at radius 1 is 1.53 bits per heavy atom. The number of nitrogens with zero attached hydrogens (tertiary/aromatic N) is 2. The van der Waals surface area contributed by atoms with Gasteiger partial charge in [-0.25, -0.2) is 13.1 Å². The summed E-state index contributed by atoms with van der Waals surface area (Å²) < 4.78 is 32.6. The van der Waals surface area contributed by atoms with Crippen molar-refractivity contribution in [2.24, 2.45) is 7.05 Å². The summed E-state index contributed by atoms with van der Waals surface area (Å²) in [7, 11) is -1.76. The lowest BCUT2D eigenvalue weighted by molar-refractivity contribution is 0.149. The summed E-state index contributed by atoms with van der Waals surface area (Å²) >= 11 is 3.24. The van der Waals surface area contributed by atoms with Crippen LogP contribution in [0.15, 0.2) is 17.3 Å². The van der Waals surface area contributed by atoms with Gasteiger partial charge >= 0.3 is 0 Å². The molecule has 0 spiro atoms. The Labute approximate surface area is 110 Å². The minimum absolute atomic E-state index is 0.182. The zero-order chi connectivity index (χ0) is 12.7. The first-order valence-electron chi connectivity index (χ1n) is 5.18. The Morgan fingerprint density at radius 3 is 2.88 bits per heavy atom. The molecule has 0 aromatic carbocycles. The van der Waals surface area contributed by atoms with Crippen LogP contribution >= 0.6 is 15.9 Å². The van der Waals surface area contributed by atoms with Gasteiger partial charge in [-0.3, -0.25) is 4.68 Å². The predicted octanol–water partition coefficient (Wildman–Crippen LogP) is 0.500. The van der Waals surface area contributed by atoms with Crippen LogP contribution in [0.25, 0.3) is 0 Å². The molecule has 0 amide bonds. The summed E-state index contributed by atoms with van der Waals surface area (Å²) in [5, 5.41) is 4.61. The van der Waals surface area contributed by atoms with Crippen molar-refractivity contribution in [1.82, 2.24) is 14.5 Å². The molecule has 0 saturated heterocycles. The van der Waals surface area contributed by atoms with Gasteiger partial charge in [0.25, 0.3) is 0 Å². The second-order valence-electron chi connectivity index (χ2n) is 3.40. The van der Waals surface area contributed by atoms with E-state index in [0.29, 0.717) is 26.2 Å². The Bertz CT molecular complexity index is 432. The van der Waals surface area contributed by atoms with Crippen molar-refractivity contribution in [3.63, 3.8) is 0 Å². The molecule has 1 N–H and O–H groups in total. The molecule has 0 aliphatic carbocycles. The smallest absolute Gasteiger partial charge is 0.243 e. The molecular formula is C9H16BrN3O3S. The van der Waals surface area contributed by atoms with Gasteiger partial charge in [0.2, 0.25) is 10.0 Å². The normalized spacial score (nSPS) is 11.9. The quantitative estimate of drug-likeness (QED) is 0.558. The van der Waals surface area contributed by atoms with Crippen molar-refractivity contribution in [2.75, 3.05) is 25.1 Å². The largest absolute Gasteiger partial charge is 0.381 e. The monoisotopic (exact) mass is 325 g/mol. The lowest BCUT2D eigenvalue weighted by Gasteiger charge is -2.04. The van der Waals surface area contributed by atoms with Crippen LogP contribution in [-0.4, -0.2) is 43.3 Å². The minimum atomic E-state index is -3.43. The van der Waals surface area contributed by atoms with Gasteiger partial charge in [-0.05, 0) is 6.42 Å². The third kappa shape index (κ3) is 5.15. The van der Waals surface area contributed by atoms with Crippen LogP contribution in [0.3, 0.4) is 0 Å². The van der Waals surface area contributed by atoms with E-state index in [9.17, 15) is 8.42 Å². The fourth-order valence-corrected chi connectivity index (χ4v) is 2.44. The van der Waals surface area contributed by atoms with Crippen molar-refractivity contribution < 1.29 is 13.2 Å². The van der Waals surface area contributed by atoms with Crippen molar-refractivity contribution in [3.8, 4) is 0 Å². The summed E-state index contributed by atoms with van der Waals surface area (Å²) in [6, 6.07) is 0. The van der Waals surface area contributed by atoms with E-state index in [0.717, 1.165) is 5.33 Å². The number of alkyl halides is 1. The Kier molecular flexibility index (Phi) is 6.10. The molecule has 0 aliphatic heterocycles. The number of hydrogen-bond acceptors (Lipinski definition) is 4. The van der Waals surface area contributed by atoms with Crippen molar-refractivity contribution in [2.45, 2.75) is 11.3 Å². The van der Waals surface area contributed by atoms with E-state index in [1.807, 2.05) is 0 Å². The highest BCUT2D eigenvalue weighted by Crippen LogP contribution is 2.05. The van der Waals surface area contributed by atoms with Gasteiger partial charge < -0.3 is 4.74 Å². The van der Waals surface area contributed by atoms with Gasteiger partial charge in [0, 0.05) is 31.7 Å². The molecular weight excluding hydrogens is 310 g/mol. The zero-order valence-electron chi connectivity index (χ0n) is 9.60. The van der Waals surface area contributed by atoms with E-state index < -0.39 is 10.0 Å². The summed E-state index contributed by atoms with van der Waals surface area (Å²) in [5.41, 5.74) is 0.